The van der Waals surface area contributed by atoms with Crippen molar-refractivity contribution in [3.8, 4) is 5.75 Å². The van der Waals surface area contributed by atoms with Crippen molar-refractivity contribution in [3.63, 3.8) is 0 Å². The summed E-state index contributed by atoms with van der Waals surface area (Å²) in [7, 11) is 1.54. The summed E-state index contributed by atoms with van der Waals surface area (Å²) in [5, 5.41) is 14.8. The second-order valence-corrected chi connectivity index (χ2v) is 6.10. The molecule has 1 aliphatic heterocycles. The Kier molecular flexibility index (Phi) is 3.45. The number of nitro groups is 1. The Hall–Kier alpha value is -2.89. The van der Waals surface area contributed by atoms with E-state index in [1.165, 1.54) is 13.2 Å². The number of hydrogen-bond donors (Lipinski definition) is 1. The largest absolute Gasteiger partial charge is 0.494 e. The molecule has 1 N–H and O–H groups in total. The quantitative estimate of drug-likeness (QED) is 0.528. The number of aromatic nitrogens is 1. The number of nitrogens with zero attached hydrogens (tertiary/aromatic N) is 2. The lowest BCUT2D eigenvalue weighted by molar-refractivity contribution is -0.385. The fourth-order valence-corrected chi connectivity index (χ4v) is 3.77. The van der Waals surface area contributed by atoms with Gasteiger partial charge in [-0.1, -0.05) is 18.2 Å². The van der Waals surface area contributed by atoms with E-state index in [1.807, 2.05) is 18.2 Å². The molecule has 0 spiro atoms. The molecule has 1 aromatic carbocycles. The van der Waals surface area contributed by atoms with Gasteiger partial charge in [0.15, 0.2) is 0 Å². The van der Waals surface area contributed by atoms with Crippen molar-refractivity contribution in [2.75, 3.05) is 12.4 Å². The van der Waals surface area contributed by atoms with Crippen molar-refractivity contribution in [2.24, 2.45) is 5.92 Å². The van der Waals surface area contributed by atoms with E-state index in [4.69, 9.17) is 4.74 Å². The summed E-state index contributed by atoms with van der Waals surface area (Å²) in [5.74, 6) is 0.917. The Balaban J connectivity index is 1.86. The lowest BCUT2D eigenvalue weighted by Gasteiger charge is -2.37. The molecule has 0 bridgehead atoms. The van der Waals surface area contributed by atoms with Gasteiger partial charge in [0, 0.05) is 18.2 Å². The van der Waals surface area contributed by atoms with E-state index < -0.39 is 0 Å². The van der Waals surface area contributed by atoms with Crippen molar-refractivity contribution in [1.29, 1.82) is 0 Å². The van der Waals surface area contributed by atoms with Crippen LogP contribution in [0.15, 0.2) is 48.7 Å². The highest BCUT2D eigenvalue weighted by atomic mass is 16.6. The maximum Gasteiger partial charge on any atom is 0.273 e. The number of non-ortho nitro benzene ring substituents is 1. The minimum atomic E-state index is -0.374. The first-order valence-electron chi connectivity index (χ1n) is 7.89. The standard InChI is InChI=1S/C18H17N3O3/c1-24-16-10-11(21(22)23)9-14-12-5-4-6-13(12)17(20-18(14)16)15-7-2-3-8-19-15/h2-5,7-10,12-13,17,20H,6H2,1H3/t12-,13+,17-/m0/s1. The Morgan fingerprint density at radius 3 is 2.96 bits per heavy atom. The van der Waals surface area contributed by atoms with Crippen LogP contribution in [0.25, 0.3) is 0 Å². The van der Waals surface area contributed by atoms with Crippen LogP contribution >= 0.6 is 0 Å². The van der Waals surface area contributed by atoms with Crippen LogP contribution in [0.4, 0.5) is 11.4 Å². The van der Waals surface area contributed by atoms with Crippen LogP contribution in [0.2, 0.25) is 0 Å². The molecule has 0 unspecified atom stereocenters. The third-order valence-corrected chi connectivity index (χ3v) is 4.85. The predicted octanol–water partition coefficient (Wildman–Crippen LogP) is 3.82. The van der Waals surface area contributed by atoms with Gasteiger partial charge in [-0.2, -0.15) is 0 Å². The lowest BCUT2D eigenvalue weighted by atomic mass is 9.78. The van der Waals surface area contributed by atoms with Crippen molar-refractivity contribution in [2.45, 2.75) is 18.4 Å². The van der Waals surface area contributed by atoms with Gasteiger partial charge in [-0.25, -0.2) is 0 Å². The Labute approximate surface area is 139 Å². The van der Waals surface area contributed by atoms with Crippen LogP contribution in [-0.2, 0) is 0 Å². The highest BCUT2D eigenvalue weighted by Gasteiger charge is 2.40. The molecule has 0 saturated carbocycles. The molecule has 2 aliphatic rings. The number of nitrogens with one attached hydrogen (secondary N) is 1. The molecule has 0 fully saturated rings. The number of methoxy groups -OCH3 is 1. The number of rotatable bonds is 3. The van der Waals surface area contributed by atoms with Crippen LogP contribution in [0.3, 0.4) is 0 Å². The van der Waals surface area contributed by atoms with Crippen LogP contribution in [0.1, 0.15) is 29.6 Å². The van der Waals surface area contributed by atoms with Crippen LogP contribution in [-0.4, -0.2) is 17.0 Å². The van der Waals surface area contributed by atoms with Gasteiger partial charge in [0.1, 0.15) is 5.75 Å². The summed E-state index contributed by atoms with van der Waals surface area (Å²) in [6.45, 7) is 0. The van der Waals surface area contributed by atoms with Crippen LogP contribution < -0.4 is 10.1 Å². The number of pyridine rings is 1. The Morgan fingerprint density at radius 2 is 2.25 bits per heavy atom. The van der Waals surface area contributed by atoms with E-state index >= 15 is 0 Å². The predicted molar refractivity (Wildman–Crippen MR) is 90.2 cm³/mol. The monoisotopic (exact) mass is 323 g/mol. The average molecular weight is 323 g/mol. The second kappa shape index (κ2) is 5.63. The summed E-state index contributed by atoms with van der Waals surface area (Å²) in [5.41, 5.74) is 2.78. The zero-order valence-corrected chi connectivity index (χ0v) is 13.2. The van der Waals surface area contributed by atoms with Crippen molar-refractivity contribution >= 4 is 11.4 Å². The zero-order chi connectivity index (χ0) is 16.7. The van der Waals surface area contributed by atoms with Gasteiger partial charge in [0.2, 0.25) is 0 Å². The number of benzene rings is 1. The highest BCUT2D eigenvalue weighted by molar-refractivity contribution is 5.70. The maximum atomic E-state index is 11.2. The molecule has 6 nitrogen and oxygen atoms in total. The summed E-state index contributed by atoms with van der Waals surface area (Å²) in [6.07, 6.45) is 7.00. The molecular weight excluding hydrogens is 306 g/mol. The van der Waals surface area contributed by atoms with Gasteiger partial charge in [-0.15, -0.1) is 0 Å². The van der Waals surface area contributed by atoms with Gasteiger partial charge in [0.25, 0.3) is 5.69 Å². The molecule has 4 rings (SSSR count). The van der Waals surface area contributed by atoms with Crippen molar-refractivity contribution in [1.82, 2.24) is 4.98 Å². The molecule has 1 aliphatic carbocycles. The topological polar surface area (TPSA) is 77.3 Å². The normalized spacial score (nSPS) is 24.0. The summed E-state index contributed by atoms with van der Waals surface area (Å²) >= 11 is 0. The van der Waals surface area contributed by atoms with E-state index in [1.54, 1.807) is 12.3 Å². The maximum absolute atomic E-state index is 11.2. The molecular formula is C18H17N3O3. The third-order valence-electron chi connectivity index (χ3n) is 4.85. The van der Waals surface area contributed by atoms with E-state index in [9.17, 15) is 10.1 Å². The smallest absolute Gasteiger partial charge is 0.273 e. The first-order chi connectivity index (χ1) is 11.7. The first-order valence-corrected chi connectivity index (χ1v) is 7.89. The number of ether oxygens (including phenoxy) is 1. The molecule has 24 heavy (non-hydrogen) atoms. The molecule has 122 valence electrons. The zero-order valence-electron chi connectivity index (χ0n) is 13.2. The Bertz CT molecular complexity index is 820. The number of fused-ring (bicyclic) bond motifs is 3. The molecule has 1 aromatic heterocycles. The lowest BCUT2D eigenvalue weighted by Crippen LogP contribution is -2.30. The van der Waals surface area contributed by atoms with E-state index in [0.717, 1.165) is 23.4 Å². The van der Waals surface area contributed by atoms with E-state index in [2.05, 4.69) is 22.5 Å². The van der Waals surface area contributed by atoms with E-state index in [-0.39, 0.29) is 22.6 Å². The highest BCUT2D eigenvalue weighted by Crippen LogP contribution is 2.52. The van der Waals surface area contributed by atoms with Crippen molar-refractivity contribution in [3.05, 3.63) is 70.1 Å². The van der Waals surface area contributed by atoms with Gasteiger partial charge in [-0.3, -0.25) is 15.1 Å². The summed E-state index contributed by atoms with van der Waals surface area (Å²) in [4.78, 5) is 15.4. The molecule has 2 heterocycles. The van der Waals surface area contributed by atoms with Gasteiger partial charge >= 0.3 is 0 Å². The molecule has 0 radical (unpaired) electrons. The van der Waals surface area contributed by atoms with Crippen LogP contribution in [0.5, 0.6) is 5.75 Å². The second-order valence-electron chi connectivity index (χ2n) is 6.10. The number of hydrogen-bond acceptors (Lipinski definition) is 5. The third kappa shape index (κ3) is 2.22. The van der Waals surface area contributed by atoms with Crippen molar-refractivity contribution < 1.29 is 9.66 Å². The first kappa shape index (κ1) is 14.7. The summed E-state index contributed by atoms with van der Waals surface area (Å²) < 4.78 is 5.42. The number of anilines is 1. The molecule has 3 atom stereocenters. The molecule has 2 aromatic rings. The SMILES string of the molecule is COc1cc([N+](=O)[O-])cc2c1N[C@H](c1ccccn1)[C@@H]1CC=C[C@H]21. The fourth-order valence-electron chi connectivity index (χ4n) is 3.77. The van der Waals surface area contributed by atoms with E-state index in [0.29, 0.717) is 11.7 Å². The molecule has 0 amide bonds. The van der Waals surface area contributed by atoms with Gasteiger partial charge in [-0.05, 0) is 30.0 Å². The number of allylic oxidation sites excluding steroid dienone is 2. The Morgan fingerprint density at radius 1 is 1.38 bits per heavy atom. The molecule has 6 heteroatoms. The van der Waals surface area contributed by atoms with Crippen LogP contribution in [0, 0.1) is 16.0 Å². The minimum Gasteiger partial charge on any atom is -0.494 e. The summed E-state index contributed by atoms with van der Waals surface area (Å²) in [6, 6.07) is 9.07. The van der Waals surface area contributed by atoms with Gasteiger partial charge < -0.3 is 10.1 Å². The average Bonchev–Trinajstić information content (AvgIpc) is 3.10. The fraction of sp³-hybridized carbons (Fsp3) is 0.278. The van der Waals surface area contributed by atoms with Gasteiger partial charge in [0.05, 0.1) is 35.5 Å². The molecule has 0 saturated heterocycles. The minimum absolute atomic E-state index is 0.0501. The number of nitro benzene ring substituents is 1.